The third-order valence-electron chi connectivity index (χ3n) is 2.48. The minimum Gasteiger partial charge on any atom is -0.347 e. The second-order valence-electron chi connectivity index (χ2n) is 3.49. The zero-order valence-electron chi connectivity index (χ0n) is 8.94. The number of H-pyrrole nitrogens is 1. The Morgan fingerprint density at radius 1 is 1.50 bits per heavy atom. The van der Waals surface area contributed by atoms with Gasteiger partial charge in [0, 0.05) is 24.8 Å². The van der Waals surface area contributed by atoms with Crippen molar-refractivity contribution in [1.82, 2.24) is 20.3 Å². The fourth-order valence-electron chi connectivity index (χ4n) is 1.59. The molecule has 0 radical (unpaired) electrons. The van der Waals surface area contributed by atoms with Gasteiger partial charge in [-0.3, -0.25) is 4.98 Å². The van der Waals surface area contributed by atoms with Gasteiger partial charge in [0.05, 0.1) is 11.1 Å². The van der Waals surface area contributed by atoms with E-state index < -0.39 is 0 Å². The summed E-state index contributed by atoms with van der Waals surface area (Å²) in [6.45, 7) is 0. The number of hydrogen-bond donors (Lipinski definition) is 2. The summed E-state index contributed by atoms with van der Waals surface area (Å²) in [7, 11) is 1.91. The number of pyridine rings is 1. The Labute approximate surface area is 99.1 Å². The summed E-state index contributed by atoms with van der Waals surface area (Å²) in [6.07, 6.45) is 7.74. The highest BCUT2D eigenvalue weighted by molar-refractivity contribution is 6.31. The van der Waals surface area contributed by atoms with Gasteiger partial charge in [0.15, 0.2) is 0 Å². The Kier molecular flexibility index (Phi) is 3.54. The lowest BCUT2D eigenvalue weighted by molar-refractivity contribution is 0.563. The van der Waals surface area contributed by atoms with Gasteiger partial charge in [0.2, 0.25) is 0 Å². The number of rotatable bonds is 4. The number of nitrogens with one attached hydrogen (secondary N) is 2. The van der Waals surface area contributed by atoms with E-state index in [4.69, 9.17) is 11.6 Å². The lowest BCUT2D eigenvalue weighted by Crippen LogP contribution is -2.20. The molecule has 2 aromatic rings. The second kappa shape index (κ2) is 5.09. The number of likely N-dealkylation sites (N-methyl/N-ethyl adjacent to an activating group) is 1. The molecule has 2 N–H and O–H groups in total. The Morgan fingerprint density at radius 3 is 3.00 bits per heavy atom. The summed E-state index contributed by atoms with van der Waals surface area (Å²) in [5, 5.41) is 3.90. The highest BCUT2D eigenvalue weighted by Gasteiger charge is 2.13. The van der Waals surface area contributed by atoms with Gasteiger partial charge in [0.25, 0.3) is 0 Å². The van der Waals surface area contributed by atoms with Gasteiger partial charge in [-0.2, -0.15) is 0 Å². The van der Waals surface area contributed by atoms with Crippen LogP contribution >= 0.6 is 11.6 Å². The molecule has 0 spiro atoms. The SMILES string of the molecule is CNC(Cc1ccncc1Cl)c1ncc[nH]1. The molecular formula is C11H13ClN4. The molecule has 0 aromatic carbocycles. The first-order valence-corrected chi connectivity index (χ1v) is 5.44. The van der Waals surface area contributed by atoms with Crippen LogP contribution in [0.3, 0.4) is 0 Å². The summed E-state index contributed by atoms with van der Waals surface area (Å²) in [5.41, 5.74) is 1.06. The molecule has 0 saturated heterocycles. The number of nitrogens with zero attached hydrogens (tertiary/aromatic N) is 2. The van der Waals surface area contributed by atoms with Crippen LogP contribution in [0.2, 0.25) is 5.02 Å². The van der Waals surface area contributed by atoms with E-state index in [1.807, 2.05) is 19.3 Å². The van der Waals surface area contributed by atoms with Crippen LogP contribution in [0, 0.1) is 0 Å². The van der Waals surface area contributed by atoms with Crippen molar-refractivity contribution in [1.29, 1.82) is 0 Å². The van der Waals surface area contributed by atoms with Gasteiger partial charge >= 0.3 is 0 Å². The van der Waals surface area contributed by atoms with Crippen LogP contribution < -0.4 is 5.32 Å². The molecule has 1 unspecified atom stereocenters. The third-order valence-corrected chi connectivity index (χ3v) is 2.82. The molecular weight excluding hydrogens is 224 g/mol. The van der Waals surface area contributed by atoms with E-state index in [2.05, 4.69) is 20.3 Å². The van der Waals surface area contributed by atoms with Crippen molar-refractivity contribution < 1.29 is 0 Å². The molecule has 16 heavy (non-hydrogen) atoms. The normalized spacial score (nSPS) is 12.6. The molecule has 4 nitrogen and oxygen atoms in total. The largest absolute Gasteiger partial charge is 0.347 e. The van der Waals surface area contributed by atoms with Crippen LogP contribution in [0.25, 0.3) is 0 Å². The van der Waals surface area contributed by atoms with Crippen molar-refractivity contribution in [3.8, 4) is 0 Å². The first kappa shape index (κ1) is 11.1. The van der Waals surface area contributed by atoms with Crippen molar-refractivity contribution in [3.63, 3.8) is 0 Å². The third kappa shape index (κ3) is 2.40. The topological polar surface area (TPSA) is 53.6 Å². The monoisotopic (exact) mass is 236 g/mol. The highest BCUT2D eigenvalue weighted by atomic mass is 35.5. The lowest BCUT2D eigenvalue weighted by Gasteiger charge is -2.14. The standard InChI is InChI=1S/C11H13ClN4/c1-13-10(11-15-4-5-16-11)6-8-2-3-14-7-9(8)12/h2-5,7,10,13H,6H2,1H3,(H,15,16). The van der Waals surface area contributed by atoms with Crippen molar-refractivity contribution in [2.75, 3.05) is 7.05 Å². The van der Waals surface area contributed by atoms with Gasteiger partial charge in [-0.15, -0.1) is 0 Å². The van der Waals surface area contributed by atoms with Crippen molar-refractivity contribution >= 4 is 11.6 Å². The summed E-state index contributed by atoms with van der Waals surface area (Å²) in [5.74, 6) is 0.912. The molecule has 0 bridgehead atoms. The molecule has 2 heterocycles. The average Bonchev–Trinajstić information content (AvgIpc) is 2.81. The van der Waals surface area contributed by atoms with Crippen LogP contribution in [0.1, 0.15) is 17.4 Å². The molecule has 84 valence electrons. The second-order valence-corrected chi connectivity index (χ2v) is 3.89. The molecule has 0 saturated carbocycles. The zero-order valence-corrected chi connectivity index (χ0v) is 9.70. The fourth-order valence-corrected chi connectivity index (χ4v) is 1.79. The molecule has 0 aliphatic heterocycles. The van der Waals surface area contributed by atoms with E-state index >= 15 is 0 Å². The van der Waals surface area contributed by atoms with Crippen LogP contribution in [0.4, 0.5) is 0 Å². The Balaban J connectivity index is 2.17. The predicted molar refractivity (Wildman–Crippen MR) is 63.3 cm³/mol. The molecule has 2 rings (SSSR count). The van der Waals surface area contributed by atoms with Gasteiger partial charge in [-0.1, -0.05) is 11.6 Å². The maximum absolute atomic E-state index is 6.07. The van der Waals surface area contributed by atoms with Crippen LogP contribution in [0.5, 0.6) is 0 Å². The zero-order chi connectivity index (χ0) is 11.4. The van der Waals surface area contributed by atoms with E-state index in [0.717, 1.165) is 17.8 Å². The smallest absolute Gasteiger partial charge is 0.123 e. The Hall–Kier alpha value is -1.39. The van der Waals surface area contributed by atoms with E-state index in [0.29, 0.717) is 5.02 Å². The Morgan fingerprint density at radius 2 is 2.38 bits per heavy atom. The first-order valence-electron chi connectivity index (χ1n) is 5.06. The van der Waals surface area contributed by atoms with E-state index in [1.165, 1.54) is 0 Å². The van der Waals surface area contributed by atoms with E-state index in [-0.39, 0.29) is 6.04 Å². The summed E-state index contributed by atoms with van der Waals surface area (Å²) < 4.78 is 0. The average molecular weight is 237 g/mol. The molecule has 2 aromatic heterocycles. The van der Waals surface area contributed by atoms with Crippen LogP contribution in [-0.4, -0.2) is 22.0 Å². The number of aromatic nitrogens is 3. The minimum absolute atomic E-state index is 0.134. The summed E-state index contributed by atoms with van der Waals surface area (Å²) in [4.78, 5) is 11.3. The maximum Gasteiger partial charge on any atom is 0.123 e. The van der Waals surface area contributed by atoms with Gasteiger partial charge < -0.3 is 10.3 Å². The van der Waals surface area contributed by atoms with Crippen molar-refractivity contribution in [3.05, 3.63) is 47.3 Å². The van der Waals surface area contributed by atoms with E-state index in [1.54, 1.807) is 18.6 Å². The number of imidazole rings is 1. The Bertz CT molecular complexity index is 441. The number of hydrogen-bond acceptors (Lipinski definition) is 3. The maximum atomic E-state index is 6.07. The van der Waals surface area contributed by atoms with Gasteiger partial charge in [-0.25, -0.2) is 4.98 Å². The predicted octanol–water partition coefficient (Wildman–Crippen LogP) is 1.96. The number of halogens is 1. The minimum atomic E-state index is 0.134. The quantitative estimate of drug-likeness (QED) is 0.853. The summed E-state index contributed by atoms with van der Waals surface area (Å²) >= 11 is 6.07. The van der Waals surface area contributed by atoms with Crippen LogP contribution in [-0.2, 0) is 6.42 Å². The highest BCUT2D eigenvalue weighted by Crippen LogP contribution is 2.20. The molecule has 0 amide bonds. The van der Waals surface area contributed by atoms with Crippen molar-refractivity contribution in [2.24, 2.45) is 0 Å². The lowest BCUT2D eigenvalue weighted by atomic mass is 10.1. The van der Waals surface area contributed by atoms with Crippen LogP contribution in [0.15, 0.2) is 30.9 Å². The first-order chi connectivity index (χ1) is 7.81. The molecule has 5 heteroatoms. The van der Waals surface area contributed by atoms with Gasteiger partial charge in [0.1, 0.15) is 5.82 Å². The molecule has 0 aliphatic carbocycles. The molecule has 0 fully saturated rings. The van der Waals surface area contributed by atoms with Crippen molar-refractivity contribution in [2.45, 2.75) is 12.5 Å². The van der Waals surface area contributed by atoms with Gasteiger partial charge in [-0.05, 0) is 25.1 Å². The summed E-state index contributed by atoms with van der Waals surface area (Å²) in [6, 6.07) is 2.06. The fraction of sp³-hybridized carbons (Fsp3) is 0.273. The molecule has 1 atom stereocenters. The molecule has 0 aliphatic rings. The number of aromatic amines is 1. The van der Waals surface area contributed by atoms with E-state index in [9.17, 15) is 0 Å².